The molecule has 0 aliphatic carbocycles. The lowest BCUT2D eigenvalue weighted by molar-refractivity contribution is -0.157. The van der Waals surface area contributed by atoms with Crippen molar-refractivity contribution >= 4 is 16.9 Å². The van der Waals surface area contributed by atoms with E-state index >= 15 is 0 Å². The first kappa shape index (κ1) is 19.3. The van der Waals surface area contributed by atoms with Crippen molar-refractivity contribution in [2.45, 2.75) is 49.4 Å². The zero-order chi connectivity index (χ0) is 19.7. The molecule has 28 heavy (non-hydrogen) atoms. The van der Waals surface area contributed by atoms with Gasteiger partial charge in [0.15, 0.2) is 5.17 Å². The van der Waals surface area contributed by atoms with Gasteiger partial charge in [0.05, 0.1) is 12.7 Å². The maximum atomic E-state index is 10.5. The molecule has 0 saturated carbocycles. The summed E-state index contributed by atoms with van der Waals surface area (Å²) in [5, 5.41) is 43.3. The number of ether oxygens (including phenoxy) is 1. The summed E-state index contributed by atoms with van der Waals surface area (Å²) in [7, 11) is 0. The largest absolute Gasteiger partial charge is 0.388 e. The molecule has 0 amide bonds. The Morgan fingerprint density at radius 2 is 2.04 bits per heavy atom. The number of benzene rings is 1. The van der Waals surface area contributed by atoms with Crippen LogP contribution < -0.4 is 5.32 Å². The number of thioether (sulfide) groups is 1. The Morgan fingerprint density at radius 3 is 2.79 bits per heavy atom. The minimum Gasteiger partial charge on any atom is -0.388 e. The minimum absolute atomic E-state index is 0.201. The normalized spacial score (nSPS) is 30.6. The van der Waals surface area contributed by atoms with Crippen molar-refractivity contribution in [3.63, 3.8) is 0 Å². The van der Waals surface area contributed by atoms with E-state index in [0.29, 0.717) is 10.9 Å². The van der Waals surface area contributed by atoms with Crippen LogP contribution in [-0.4, -0.2) is 71.8 Å². The molecular weight excluding hydrogens is 382 g/mol. The summed E-state index contributed by atoms with van der Waals surface area (Å²) in [4.78, 5) is 4.40. The molecule has 1 aromatic heterocycles. The number of aromatic nitrogens is 3. The topological polar surface area (TPSA) is 125 Å². The fourth-order valence-corrected chi connectivity index (χ4v) is 4.52. The molecule has 2 aliphatic heterocycles. The molecule has 0 bridgehead atoms. The van der Waals surface area contributed by atoms with Gasteiger partial charge >= 0.3 is 0 Å². The van der Waals surface area contributed by atoms with Crippen LogP contribution in [0.4, 0.5) is 0 Å². The molecule has 1 fully saturated rings. The zero-order valence-electron chi connectivity index (χ0n) is 15.3. The summed E-state index contributed by atoms with van der Waals surface area (Å²) in [5.41, 5.74) is 0.760. The molecule has 0 spiro atoms. The van der Waals surface area contributed by atoms with E-state index in [0.717, 1.165) is 12.1 Å². The second-order valence-electron chi connectivity index (χ2n) is 6.78. The molecule has 3 heterocycles. The molecule has 1 saturated heterocycles. The molecule has 2 aliphatic rings. The van der Waals surface area contributed by atoms with Crippen molar-refractivity contribution in [3.8, 4) is 0 Å². The van der Waals surface area contributed by atoms with Gasteiger partial charge in [-0.15, -0.1) is 5.10 Å². The average molecular weight is 405 g/mol. The van der Waals surface area contributed by atoms with Gasteiger partial charge in [0.2, 0.25) is 0 Å². The van der Waals surface area contributed by atoms with E-state index in [-0.39, 0.29) is 12.0 Å². The number of nitrogens with one attached hydrogen (secondary N) is 1. The third-order valence-electron chi connectivity index (χ3n) is 4.81. The Morgan fingerprint density at radius 1 is 1.25 bits per heavy atom. The van der Waals surface area contributed by atoms with Crippen LogP contribution in [0.1, 0.15) is 24.3 Å². The molecular formula is C18H23N5O4S. The Kier molecular flexibility index (Phi) is 5.65. The standard InChI is InChI=1S/C18H23N5O4S/c1-2-19-18-20-13-16(26)15(25)12(27-17(13)28-18)9-23-8-11(21-22-23)14(24)10-6-4-3-5-7-10/h3-8,12-17,24-26H,2,9H2,1H3,(H,19,20)/t12-,13-,14?,15-,16-,17-/m1/s1. The Bertz CT molecular complexity index is 832. The Hall–Kier alpha value is -1.98. The zero-order valence-corrected chi connectivity index (χ0v) is 16.1. The van der Waals surface area contributed by atoms with Crippen LogP contribution in [0, 0.1) is 0 Å². The lowest BCUT2D eigenvalue weighted by Crippen LogP contribution is -2.55. The predicted molar refractivity (Wildman–Crippen MR) is 104 cm³/mol. The minimum atomic E-state index is -1.10. The maximum absolute atomic E-state index is 10.5. The van der Waals surface area contributed by atoms with Gasteiger partial charge in [-0.25, -0.2) is 4.68 Å². The van der Waals surface area contributed by atoms with Gasteiger partial charge in [-0.05, 0) is 12.5 Å². The lowest BCUT2D eigenvalue weighted by Gasteiger charge is -2.38. The number of aliphatic hydroxyl groups is 3. The van der Waals surface area contributed by atoms with E-state index in [4.69, 9.17) is 4.74 Å². The SMILES string of the molecule is CCNC1=N[C@@H]2[C@@H](O)[C@H](O)[C@@H](Cn3cc(C(O)c4ccccc4)nn3)O[C@@H]2S1. The van der Waals surface area contributed by atoms with Crippen LogP contribution in [-0.2, 0) is 11.3 Å². The van der Waals surface area contributed by atoms with E-state index in [9.17, 15) is 15.3 Å². The number of aliphatic hydroxyl groups excluding tert-OH is 3. The molecule has 6 atom stereocenters. The van der Waals surface area contributed by atoms with Crippen LogP contribution in [0.3, 0.4) is 0 Å². The van der Waals surface area contributed by atoms with Gasteiger partial charge in [-0.1, -0.05) is 47.3 Å². The lowest BCUT2D eigenvalue weighted by atomic mass is 9.98. The number of amidine groups is 1. The Balaban J connectivity index is 1.43. The quantitative estimate of drug-likeness (QED) is 0.543. The highest BCUT2D eigenvalue weighted by Crippen LogP contribution is 2.36. The molecule has 150 valence electrons. The smallest absolute Gasteiger partial charge is 0.159 e. The number of hydrogen-bond donors (Lipinski definition) is 4. The van der Waals surface area contributed by atoms with Crippen LogP contribution >= 0.6 is 11.8 Å². The third kappa shape index (κ3) is 3.78. The second-order valence-corrected chi connectivity index (χ2v) is 7.86. The van der Waals surface area contributed by atoms with Gasteiger partial charge in [-0.2, -0.15) is 0 Å². The molecule has 0 radical (unpaired) electrons. The summed E-state index contributed by atoms with van der Waals surface area (Å²) in [6.45, 7) is 2.89. The molecule has 10 heteroatoms. The number of nitrogens with zero attached hydrogens (tertiary/aromatic N) is 4. The van der Waals surface area contributed by atoms with E-state index in [1.165, 1.54) is 16.4 Å². The first-order chi connectivity index (χ1) is 13.6. The van der Waals surface area contributed by atoms with Crippen LogP contribution in [0.2, 0.25) is 0 Å². The molecule has 4 N–H and O–H groups in total. The van der Waals surface area contributed by atoms with Gasteiger partial charge in [0.1, 0.15) is 41.6 Å². The third-order valence-corrected chi connectivity index (χ3v) is 5.90. The van der Waals surface area contributed by atoms with Crippen molar-refractivity contribution in [1.82, 2.24) is 20.3 Å². The maximum Gasteiger partial charge on any atom is 0.159 e. The van der Waals surface area contributed by atoms with Gasteiger partial charge < -0.3 is 25.4 Å². The van der Waals surface area contributed by atoms with E-state index in [2.05, 4.69) is 20.6 Å². The fourth-order valence-electron chi connectivity index (χ4n) is 3.33. The first-order valence-corrected chi connectivity index (χ1v) is 10.1. The summed E-state index contributed by atoms with van der Waals surface area (Å²) >= 11 is 1.41. The summed E-state index contributed by atoms with van der Waals surface area (Å²) in [6, 6.07) is 8.68. The molecule has 4 rings (SSSR count). The van der Waals surface area contributed by atoms with Crippen molar-refractivity contribution in [2.75, 3.05) is 6.54 Å². The number of aliphatic imine (C=N–C) groups is 1. The summed E-state index contributed by atoms with van der Waals surface area (Å²) in [6.07, 6.45) is -2.05. The van der Waals surface area contributed by atoms with Crippen LogP contribution in [0.25, 0.3) is 0 Å². The van der Waals surface area contributed by atoms with Crippen molar-refractivity contribution in [3.05, 3.63) is 47.8 Å². The van der Waals surface area contributed by atoms with E-state index < -0.39 is 30.5 Å². The van der Waals surface area contributed by atoms with E-state index in [1.54, 1.807) is 6.20 Å². The second kappa shape index (κ2) is 8.18. The number of rotatable bonds is 5. The van der Waals surface area contributed by atoms with Crippen LogP contribution in [0.5, 0.6) is 0 Å². The van der Waals surface area contributed by atoms with Gasteiger partial charge in [0, 0.05) is 6.54 Å². The highest BCUT2D eigenvalue weighted by atomic mass is 32.2. The molecule has 2 aromatic rings. The first-order valence-electron chi connectivity index (χ1n) is 9.19. The monoisotopic (exact) mass is 405 g/mol. The van der Waals surface area contributed by atoms with Gasteiger partial charge in [0.25, 0.3) is 0 Å². The predicted octanol–water partition coefficient (Wildman–Crippen LogP) is -0.113. The average Bonchev–Trinajstić information content (AvgIpc) is 3.33. The van der Waals surface area contributed by atoms with Crippen molar-refractivity contribution in [1.29, 1.82) is 0 Å². The fraction of sp³-hybridized carbons (Fsp3) is 0.500. The molecule has 1 aromatic carbocycles. The Labute approximate surface area is 166 Å². The molecule has 9 nitrogen and oxygen atoms in total. The highest BCUT2D eigenvalue weighted by Gasteiger charge is 2.48. The van der Waals surface area contributed by atoms with Crippen LogP contribution in [0.15, 0.2) is 41.5 Å². The van der Waals surface area contributed by atoms with Crippen molar-refractivity contribution in [2.24, 2.45) is 4.99 Å². The molecule has 1 unspecified atom stereocenters. The van der Waals surface area contributed by atoms with E-state index in [1.807, 2.05) is 37.3 Å². The summed E-state index contributed by atoms with van der Waals surface area (Å²) < 4.78 is 7.48. The summed E-state index contributed by atoms with van der Waals surface area (Å²) in [5.74, 6) is 0. The number of hydrogen-bond acceptors (Lipinski definition) is 9. The highest BCUT2D eigenvalue weighted by molar-refractivity contribution is 8.14. The number of fused-ring (bicyclic) bond motifs is 1. The van der Waals surface area contributed by atoms with Gasteiger partial charge in [-0.3, -0.25) is 4.99 Å². The van der Waals surface area contributed by atoms with Crippen molar-refractivity contribution < 1.29 is 20.1 Å².